The molecular weight excluding hydrogens is 470 g/mol. The normalized spacial score (nSPS) is 38.1. The van der Waals surface area contributed by atoms with Crippen LogP contribution in [0, 0.1) is 40.9 Å². The number of nitrogens with one attached hydrogen (secondary N) is 1. The Balaban J connectivity index is 1.94. The number of methoxy groups -OCH3 is 1. The summed E-state index contributed by atoms with van der Waals surface area (Å²) in [7, 11) is 1.35. The molecule has 1 aliphatic heterocycles. The lowest BCUT2D eigenvalue weighted by Gasteiger charge is -2.54. The summed E-state index contributed by atoms with van der Waals surface area (Å²) in [5, 5.41) is 35.1. The summed E-state index contributed by atoms with van der Waals surface area (Å²) in [5.74, 6) is -0.620. The Labute approximate surface area is 221 Å². The largest absolute Gasteiger partial charge is 0.511 e. The van der Waals surface area contributed by atoms with E-state index in [-0.39, 0.29) is 40.9 Å². The van der Waals surface area contributed by atoms with Crippen molar-refractivity contribution in [3.8, 4) is 0 Å². The quantitative estimate of drug-likeness (QED) is 0.120. The van der Waals surface area contributed by atoms with Crippen molar-refractivity contribution in [1.29, 1.82) is 0 Å². The van der Waals surface area contributed by atoms with Crippen LogP contribution in [-0.4, -0.2) is 52.6 Å². The molecule has 37 heavy (non-hydrogen) atoms. The average molecular weight is 516 g/mol. The van der Waals surface area contributed by atoms with E-state index >= 15 is 0 Å². The highest BCUT2D eigenvalue weighted by atomic mass is 16.5. The number of ether oxygens (including phenoxy) is 1. The van der Waals surface area contributed by atoms with E-state index in [0.29, 0.717) is 18.8 Å². The molecule has 0 aromatic heterocycles. The third-order valence-electron chi connectivity index (χ3n) is 8.91. The van der Waals surface area contributed by atoms with Crippen LogP contribution >= 0.6 is 0 Å². The van der Waals surface area contributed by atoms with Gasteiger partial charge in [0, 0.05) is 18.4 Å². The first-order valence-electron chi connectivity index (χ1n) is 13.7. The summed E-state index contributed by atoms with van der Waals surface area (Å²) in [6.07, 6.45) is 12.2. The maximum Gasteiger partial charge on any atom is 0.260 e. The second-order valence-corrected chi connectivity index (χ2v) is 11.6. The molecule has 3 aliphatic rings. The fourth-order valence-corrected chi connectivity index (χ4v) is 6.96. The molecule has 10 atom stereocenters. The van der Waals surface area contributed by atoms with Gasteiger partial charge in [-0.2, -0.15) is 0 Å². The zero-order chi connectivity index (χ0) is 27.5. The molecule has 2 fully saturated rings. The van der Waals surface area contributed by atoms with Gasteiger partial charge in [-0.05, 0) is 55.3 Å². The predicted molar refractivity (Wildman–Crippen MR) is 143 cm³/mol. The van der Waals surface area contributed by atoms with Gasteiger partial charge in [-0.25, -0.2) is 0 Å². The number of hydrogen-bond donors (Lipinski definition) is 4. The van der Waals surface area contributed by atoms with Crippen molar-refractivity contribution in [2.75, 3.05) is 7.11 Å². The topological polar surface area (TPSA) is 116 Å². The summed E-state index contributed by atoms with van der Waals surface area (Å²) < 4.78 is 5.11. The first kappa shape index (κ1) is 29.3. The van der Waals surface area contributed by atoms with Gasteiger partial charge in [-0.3, -0.25) is 9.59 Å². The molecule has 7 nitrogen and oxygen atoms in total. The zero-order valence-electron chi connectivity index (χ0n) is 23.1. The van der Waals surface area contributed by atoms with Crippen LogP contribution in [0.2, 0.25) is 0 Å². The van der Waals surface area contributed by atoms with Crippen molar-refractivity contribution in [1.82, 2.24) is 5.32 Å². The number of carbonyl (C=O) groups excluding carboxylic acids is 2. The zero-order valence-corrected chi connectivity index (χ0v) is 23.1. The molecule has 7 heteroatoms. The molecule has 0 bridgehead atoms. The second-order valence-electron chi connectivity index (χ2n) is 11.6. The molecule has 0 spiro atoms. The van der Waals surface area contributed by atoms with E-state index in [0.717, 1.165) is 12.8 Å². The molecule has 0 aromatic rings. The summed E-state index contributed by atoms with van der Waals surface area (Å²) in [4.78, 5) is 25.7. The number of carbonyl (C=O) groups is 2. The average Bonchev–Trinajstić information content (AvgIpc) is 3.14. The Hall–Kier alpha value is -2.22. The highest BCUT2D eigenvalue weighted by molar-refractivity contribution is 6.26. The lowest BCUT2D eigenvalue weighted by molar-refractivity contribution is -0.124. The molecule has 1 heterocycles. The standard InChI is InChI=1S/C30H45NO6/c1-7-23(33)18(3)10-8-9-11-22(32)16-21-13-12-20-15-17(2)14-19(4)25(20)30(21,5)27(35)24-26(34)29(37-6)31-28(24)36/h8-13,17-23,25,29,32-33,35H,7,14-16H2,1-6H3,(H,31,36)/b10-8+,11-9+,27-24?. The van der Waals surface area contributed by atoms with Gasteiger partial charge in [0.1, 0.15) is 11.3 Å². The monoisotopic (exact) mass is 515 g/mol. The van der Waals surface area contributed by atoms with Gasteiger partial charge in [0.2, 0.25) is 5.78 Å². The molecule has 0 aromatic carbocycles. The van der Waals surface area contributed by atoms with Gasteiger partial charge in [0.15, 0.2) is 6.23 Å². The lowest BCUT2D eigenvalue weighted by atomic mass is 9.50. The van der Waals surface area contributed by atoms with Crippen LogP contribution in [0.5, 0.6) is 0 Å². The highest BCUT2D eigenvalue weighted by Gasteiger charge is 2.55. The van der Waals surface area contributed by atoms with Gasteiger partial charge < -0.3 is 25.4 Å². The molecule has 206 valence electrons. The van der Waals surface area contributed by atoms with Crippen LogP contribution in [0.25, 0.3) is 0 Å². The molecule has 4 N–H and O–H groups in total. The number of fused-ring (bicyclic) bond motifs is 1. The number of ketones is 1. The van der Waals surface area contributed by atoms with Gasteiger partial charge in [-0.1, -0.05) is 71.1 Å². The van der Waals surface area contributed by atoms with E-state index in [9.17, 15) is 24.9 Å². The Morgan fingerprint density at radius 3 is 2.49 bits per heavy atom. The van der Waals surface area contributed by atoms with Gasteiger partial charge in [0.25, 0.3) is 5.91 Å². The van der Waals surface area contributed by atoms with E-state index in [1.165, 1.54) is 7.11 Å². The molecular formula is C30H45NO6. The van der Waals surface area contributed by atoms with Crippen LogP contribution in [-0.2, 0) is 14.3 Å². The van der Waals surface area contributed by atoms with E-state index in [2.05, 4.69) is 31.3 Å². The fraction of sp³-hybridized carbons (Fsp3) is 0.667. The number of hydrogen-bond acceptors (Lipinski definition) is 6. The van der Waals surface area contributed by atoms with Crippen LogP contribution in [0.15, 0.2) is 47.8 Å². The smallest absolute Gasteiger partial charge is 0.260 e. The van der Waals surface area contributed by atoms with Crippen molar-refractivity contribution in [3.63, 3.8) is 0 Å². The number of rotatable bonds is 9. The van der Waals surface area contributed by atoms with E-state index in [1.807, 2.05) is 32.9 Å². The van der Waals surface area contributed by atoms with E-state index in [4.69, 9.17) is 4.74 Å². The van der Waals surface area contributed by atoms with Crippen LogP contribution in [0.1, 0.15) is 60.3 Å². The molecule has 1 amide bonds. The molecule has 3 rings (SSSR count). The lowest BCUT2D eigenvalue weighted by Crippen LogP contribution is -2.49. The van der Waals surface area contributed by atoms with Crippen LogP contribution < -0.4 is 5.32 Å². The molecule has 0 radical (unpaired) electrons. The third kappa shape index (κ3) is 5.94. The third-order valence-corrected chi connectivity index (χ3v) is 8.91. The molecule has 10 unspecified atom stereocenters. The molecule has 1 saturated carbocycles. The Kier molecular flexibility index (Phi) is 9.59. The number of aliphatic hydroxyl groups excluding tert-OH is 3. The van der Waals surface area contributed by atoms with Crippen molar-refractivity contribution < 1.29 is 29.6 Å². The minimum absolute atomic E-state index is 0.0121. The minimum atomic E-state index is -1.10. The summed E-state index contributed by atoms with van der Waals surface area (Å²) >= 11 is 0. The van der Waals surface area contributed by atoms with E-state index in [1.54, 1.807) is 12.2 Å². The first-order chi connectivity index (χ1) is 17.4. The highest BCUT2D eigenvalue weighted by Crippen LogP contribution is 2.58. The Bertz CT molecular complexity index is 967. The minimum Gasteiger partial charge on any atom is -0.511 e. The van der Waals surface area contributed by atoms with Crippen molar-refractivity contribution in [3.05, 3.63) is 47.8 Å². The van der Waals surface area contributed by atoms with Crippen LogP contribution in [0.3, 0.4) is 0 Å². The fourth-order valence-electron chi connectivity index (χ4n) is 6.96. The number of Topliss-reactive ketones (excluding diaryl/α,β-unsaturated/α-hetero) is 1. The van der Waals surface area contributed by atoms with Crippen molar-refractivity contribution in [2.45, 2.75) is 78.7 Å². The molecule has 1 saturated heterocycles. The number of amides is 1. The molecule has 2 aliphatic carbocycles. The first-order valence-corrected chi connectivity index (χ1v) is 13.7. The van der Waals surface area contributed by atoms with Crippen molar-refractivity contribution >= 4 is 11.7 Å². The van der Waals surface area contributed by atoms with Crippen LogP contribution in [0.4, 0.5) is 0 Å². The maximum absolute atomic E-state index is 13.0. The van der Waals surface area contributed by atoms with E-state index < -0.39 is 35.5 Å². The van der Waals surface area contributed by atoms with Gasteiger partial charge in [-0.15, -0.1) is 0 Å². The van der Waals surface area contributed by atoms with Gasteiger partial charge >= 0.3 is 0 Å². The number of aliphatic hydroxyl groups is 3. The predicted octanol–water partition coefficient (Wildman–Crippen LogP) is 4.23. The Morgan fingerprint density at radius 1 is 1.19 bits per heavy atom. The SMILES string of the molecule is CCC(O)C(C)/C=C/C=C/C(O)CC1C=CC2CC(C)CC(C)C2C1(C)C(O)=C1C(=O)NC(OC)C1=O. The summed E-state index contributed by atoms with van der Waals surface area (Å²) in [6, 6.07) is 0. The number of allylic oxidation sites excluding steroid dienone is 5. The maximum atomic E-state index is 13.0. The van der Waals surface area contributed by atoms with Crippen molar-refractivity contribution in [2.24, 2.45) is 40.9 Å². The van der Waals surface area contributed by atoms with Gasteiger partial charge in [0.05, 0.1) is 12.2 Å². The summed E-state index contributed by atoms with van der Waals surface area (Å²) in [5.41, 5.74) is -1.13. The Morgan fingerprint density at radius 2 is 1.86 bits per heavy atom. The summed E-state index contributed by atoms with van der Waals surface area (Å²) in [6.45, 7) is 10.2. The second kappa shape index (κ2) is 12.1.